The first-order chi connectivity index (χ1) is 2.27. The van der Waals surface area contributed by atoms with Gasteiger partial charge in [-0.1, -0.05) is 0 Å². The summed E-state index contributed by atoms with van der Waals surface area (Å²) in [5.74, 6) is 0.267. The predicted octanol–water partition coefficient (Wildman–Crippen LogP) is -2.81. The van der Waals surface area contributed by atoms with E-state index in [0.717, 1.165) is 0 Å². The third-order valence-electron chi connectivity index (χ3n) is 0.352. The average Bonchev–Trinajstić information content (AvgIpc) is 1.38. The van der Waals surface area contributed by atoms with Crippen LogP contribution in [0.5, 0.6) is 0 Å². The molecule has 0 aliphatic rings. The molecule has 0 aliphatic heterocycles. The van der Waals surface area contributed by atoms with Gasteiger partial charge in [0.25, 0.3) is 0 Å². The number of halogens is 1. The Kier molecular flexibility index (Phi) is 8.65. The fraction of sp³-hybridized carbons (Fsp3) is 0.667. The molecule has 0 aromatic heterocycles. The monoisotopic (exact) mass is 126 g/mol. The van der Waals surface area contributed by atoms with E-state index >= 15 is 0 Å². The van der Waals surface area contributed by atoms with E-state index in [0.29, 0.717) is 6.16 Å². The zero-order valence-electron chi connectivity index (χ0n) is 3.70. The van der Waals surface area contributed by atoms with Crippen molar-refractivity contribution in [1.82, 2.24) is 0 Å². The van der Waals surface area contributed by atoms with Crippen molar-refractivity contribution in [3.05, 3.63) is 0 Å². The molecule has 0 aliphatic carbocycles. The summed E-state index contributed by atoms with van der Waals surface area (Å²) in [5, 5.41) is 0. The lowest BCUT2D eigenvalue weighted by molar-refractivity contribution is -0.114. The summed E-state index contributed by atoms with van der Waals surface area (Å²) in [7, 11) is 1.68. The van der Waals surface area contributed by atoms with Crippen LogP contribution in [0.15, 0.2) is 0 Å². The topological polar surface area (TPSA) is 17.1 Å². The van der Waals surface area contributed by atoms with E-state index in [9.17, 15) is 4.79 Å². The second-order valence-corrected chi connectivity index (χ2v) is 1.45. The van der Waals surface area contributed by atoms with Gasteiger partial charge in [0.2, 0.25) is 0 Å². The normalized spacial score (nSPS) is 6.83. The number of carbonyl (C=O) groups excluding carboxylic acids is 1. The molecule has 0 aromatic rings. The molecule has 1 atom stereocenters. The molecule has 1 nitrogen and oxygen atoms in total. The van der Waals surface area contributed by atoms with Gasteiger partial charge in [-0.2, -0.15) is 0 Å². The van der Waals surface area contributed by atoms with Gasteiger partial charge in [-0.05, 0) is 16.2 Å². The molecule has 0 fully saturated rings. The standard InChI is InChI=1S/C3H7OP.ClH/c1-3(4)2-5;/h2,5H2,1H3;1H. The summed E-state index contributed by atoms with van der Waals surface area (Å²) >= 11 is 0. The van der Waals surface area contributed by atoms with Crippen LogP contribution >= 0.6 is 9.24 Å². The zero-order valence-corrected chi connectivity index (χ0v) is 5.87. The Hall–Kier alpha value is 0.390. The molecule has 0 bridgehead atoms. The molecule has 0 aromatic carbocycles. The Morgan fingerprint density at radius 3 is 2.00 bits per heavy atom. The highest BCUT2D eigenvalue weighted by atomic mass is 35.5. The summed E-state index contributed by atoms with van der Waals surface area (Å²) in [6.45, 7) is 1.59. The summed E-state index contributed by atoms with van der Waals surface area (Å²) in [6, 6.07) is 0. The minimum atomic E-state index is 0. The largest absolute Gasteiger partial charge is 1.00 e. The highest BCUT2D eigenvalue weighted by Crippen LogP contribution is 1.77. The van der Waals surface area contributed by atoms with Crippen LogP contribution in [0.1, 0.15) is 6.92 Å². The van der Waals surface area contributed by atoms with Crippen molar-refractivity contribution >= 4 is 15.0 Å². The van der Waals surface area contributed by atoms with E-state index in [1.54, 1.807) is 16.2 Å². The number of hydrogen-bond donors (Lipinski definition) is 0. The second-order valence-electron chi connectivity index (χ2n) is 0.952. The molecular formula is C3H8ClOP. The van der Waals surface area contributed by atoms with Crippen LogP contribution in [0.4, 0.5) is 0 Å². The van der Waals surface area contributed by atoms with E-state index in [1.165, 1.54) is 0 Å². The smallest absolute Gasteiger partial charge is 0.166 e. The van der Waals surface area contributed by atoms with Gasteiger partial charge in [0.15, 0.2) is 5.78 Å². The first kappa shape index (κ1) is 9.63. The van der Waals surface area contributed by atoms with Crippen molar-refractivity contribution in [2.75, 3.05) is 6.16 Å². The zero-order chi connectivity index (χ0) is 4.28. The number of hydrogen-bond acceptors (Lipinski definition) is 1. The highest BCUT2D eigenvalue weighted by molar-refractivity contribution is 7.18. The minimum absolute atomic E-state index is 0. The van der Waals surface area contributed by atoms with Crippen LogP contribution in [0.2, 0.25) is 0 Å². The molecule has 0 amide bonds. The molecule has 0 N–H and O–H groups in total. The van der Waals surface area contributed by atoms with Crippen molar-refractivity contribution < 1.29 is 17.2 Å². The molecule has 0 spiro atoms. The Bertz CT molecular complexity index is 46.1. The number of ketones is 1. The van der Waals surface area contributed by atoms with Crippen molar-refractivity contribution in [2.24, 2.45) is 0 Å². The van der Waals surface area contributed by atoms with Gasteiger partial charge < -0.3 is 12.4 Å². The molecule has 0 saturated carbocycles. The quantitative estimate of drug-likeness (QED) is 0.347. The van der Waals surface area contributed by atoms with E-state index in [1.807, 2.05) is 0 Å². The van der Waals surface area contributed by atoms with Crippen LogP contribution in [-0.2, 0) is 4.79 Å². The molecule has 0 radical (unpaired) electrons. The maximum absolute atomic E-state index is 9.82. The van der Waals surface area contributed by atoms with Gasteiger partial charge in [0.05, 0.1) is 0 Å². The highest BCUT2D eigenvalue weighted by Gasteiger charge is 1.82. The SMILES string of the molecule is CC(=O)C[PH3+].[Cl-]. The number of rotatable bonds is 1. The van der Waals surface area contributed by atoms with Crippen LogP contribution in [0.3, 0.4) is 0 Å². The van der Waals surface area contributed by atoms with E-state index in [-0.39, 0.29) is 18.2 Å². The van der Waals surface area contributed by atoms with Crippen molar-refractivity contribution in [3.8, 4) is 0 Å². The van der Waals surface area contributed by atoms with Crippen molar-refractivity contribution in [1.29, 1.82) is 0 Å². The summed E-state index contributed by atoms with van der Waals surface area (Å²) in [5.41, 5.74) is 0. The van der Waals surface area contributed by atoms with E-state index in [4.69, 9.17) is 0 Å². The van der Waals surface area contributed by atoms with Gasteiger partial charge in [-0.3, -0.25) is 4.79 Å². The Balaban J connectivity index is 0. The first-order valence-electron chi connectivity index (χ1n) is 1.56. The lowest BCUT2D eigenvalue weighted by Gasteiger charge is -1.66. The van der Waals surface area contributed by atoms with Gasteiger partial charge in [0.1, 0.15) is 6.16 Å². The van der Waals surface area contributed by atoms with Crippen LogP contribution in [0.25, 0.3) is 0 Å². The Labute approximate surface area is 46.1 Å². The van der Waals surface area contributed by atoms with E-state index < -0.39 is 0 Å². The average molecular weight is 127 g/mol. The van der Waals surface area contributed by atoms with Gasteiger partial charge >= 0.3 is 0 Å². The van der Waals surface area contributed by atoms with Crippen molar-refractivity contribution in [2.45, 2.75) is 6.92 Å². The fourth-order valence-corrected chi connectivity index (χ4v) is 0. The molecule has 38 valence electrons. The van der Waals surface area contributed by atoms with Gasteiger partial charge in [0, 0.05) is 0 Å². The number of carbonyl (C=O) groups is 1. The molecule has 0 heterocycles. The molecule has 3 heteroatoms. The summed E-state index contributed by atoms with van der Waals surface area (Å²) in [6.07, 6.45) is 0.694. The fourth-order valence-electron chi connectivity index (χ4n) is 0. The third-order valence-corrected chi connectivity index (χ3v) is 1.06. The van der Waals surface area contributed by atoms with Gasteiger partial charge in [-0.15, -0.1) is 0 Å². The molecule has 1 unspecified atom stereocenters. The lowest BCUT2D eigenvalue weighted by Crippen LogP contribution is -3.00. The van der Waals surface area contributed by atoms with Crippen LogP contribution in [-0.4, -0.2) is 11.9 Å². The maximum atomic E-state index is 9.82. The number of Topliss-reactive ketones (excluding diaryl/α,β-unsaturated/α-hetero) is 1. The third kappa shape index (κ3) is 8.83. The van der Waals surface area contributed by atoms with Crippen molar-refractivity contribution in [3.63, 3.8) is 0 Å². The van der Waals surface area contributed by atoms with Crippen LogP contribution < -0.4 is 12.4 Å². The Morgan fingerprint density at radius 1 is 1.83 bits per heavy atom. The lowest BCUT2D eigenvalue weighted by atomic mass is 10.5. The minimum Gasteiger partial charge on any atom is -1.00 e. The molecule has 6 heavy (non-hydrogen) atoms. The molecule has 0 rings (SSSR count). The van der Waals surface area contributed by atoms with E-state index in [2.05, 4.69) is 0 Å². The first-order valence-corrected chi connectivity index (χ1v) is 2.56. The maximum Gasteiger partial charge on any atom is 0.166 e. The summed E-state index contributed by atoms with van der Waals surface area (Å²) in [4.78, 5) is 9.82. The van der Waals surface area contributed by atoms with Gasteiger partial charge in [-0.25, -0.2) is 0 Å². The Morgan fingerprint density at radius 2 is 2.00 bits per heavy atom. The van der Waals surface area contributed by atoms with Crippen LogP contribution in [0, 0.1) is 0 Å². The summed E-state index contributed by atoms with van der Waals surface area (Å²) < 4.78 is 0. The predicted molar refractivity (Wildman–Crippen MR) is 26.7 cm³/mol. The second kappa shape index (κ2) is 5.39. The molecular weight excluding hydrogens is 118 g/mol. The molecule has 0 saturated heterocycles.